The van der Waals surface area contributed by atoms with E-state index in [1.54, 1.807) is 11.3 Å². The largest absolute Gasteiger partial charge is 0.313 e. The Kier molecular flexibility index (Phi) is 3.70. The monoisotopic (exact) mass is 232 g/mol. The van der Waals surface area contributed by atoms with Crippen molar-refractivity contribution in [2.75, 3.05) is 7.05 Å². The third-order valence-electron chi connectivity index (χ3n) is 2.82. The second kappa shape index (κ2) is 5.23. The van der Waals surface area contributed by atoms with Crippen LogP contribution in [0.25, 0.3) is 0 Å². The summed E-state index contributed by atoms with van der Waals surface area (Å²) in [6.45, 7) is 2.13. The van der Waals surface area contributed by atoms with E-state index >= 15 is 0 Å². The summed E-state index contributed by atoms with van der Waals surface area (Å²) in [4.78, 5) is 4.21. The van der Waals surface area contributed by atoms with E-state index in [0.29, 0.717) is 6.04 Å². The first-order valence-corrected chi connectivity index (χ1v) is 6.34. The van der Waals surface area contributed by atoms with Crippen LogP contribution in [0.15, 0.2) is 35.3 Å². The minimum Gasteiger partial charge on any atom is -0.313 e. The minimum atomic E-state index is 0.350. The van der Waals surface area contributed by atoms with Gasteiger partial charge in [0.05, 0.1) is 0 Å². The number of aryl methyl sites for hydroxylation is 1. The van der Waals surface area contributed by atoms with Crippen LogP contribution in [-0.2, 0) is 6.42 Å². The van der Waals surface area contributed by atoms with Crippen LogP contribution in [0.3, 0.4) is 0 Å². The SMILES string of the molecule is CNC(Cc1ccsc1)c1cnccc1C. The lowest BCUT2D eigenvalue weighted by Gasteiger charge is -2.17. The molecule has 0 saturated heterocycles. The Bertz CT molecular complexity index is 437. The molecule has 1 unspecified atom stereocenters. The highest BCUT2D eigenvalue weighted by Gasteiger charge is 2.12. The second-order valence-corrected chi connectivity index (χ2v) is 4.69. The molecule has 2 nitrogen and oxygen atoms in total. The molecule has 0 aromatic carbocycles. The maximum atomic E-state index is 4.21. The van der Waals surface area contributed by atoms with Crippen LogP contribution < -0.4 is 5.32 Å². The number of likely N-dealkylation sites (N-methyl/N-ethyl adjacent to an activating group) is 1. The lowest BCUT2D eigenvalue weighted by molar-refractivity contribution is 0.587. The first-order chi connectivity index (χ1) is 7.81. The van der Waals surface area contributed by atoms with Crippen molar-refractivity contribution in [2.45, 2.75) is 19.4 Å². The smallest absolute Gasteiger partial charge is 0.0376 e. The minimum absolute atomic E-state index is 0.350. The standard InChI is InChI=1S/C13H16N2S/c1-10-3-5-15-8-12(10)13(14-2)7-11-4-6-16-9-11/h3-6,8-9,13-14H,7H2,1-2H3. The van der Waals surface area contributed by atoms with Gasteiger partial charge in [-0.25, -0.2) is 0 Å². The number of nitrogens with zero attached hydrogens (tertiary/aromatic N) is 1. The van der Waals surface area contributed by atoms with Crippen molar-refractivity contribution in [1.29, 1.82) is 0 Å². The summed E-state index contributed by atoms with van der Waals surface area (Å²) in [7, 11) is 2.00. The van der Waals surface area contributed by atoms with E-state index in [9.17, 15) is 0 Å². The van der Waals surface area contributed by atoms with Crippen molar-refractivity contribution in [3.05, 3.63) is 52.0 Å². The number of hydrogen-bond acceptors (Lipinski definition) is 3. The summed E-state index contributed by atoms with van der Waals surface area (Å²) >= 11 is 1.75. The van der Waals surface area contributed by atoms with Gasteiger partial charge in [0.1, 0.15) is 0 Å². The van der Waals surface area contributed by atoms with Crippen LogP contribution in [0.1, 0.15) is 22.7 Å². The molecule has 0 aliphatic carbocycles. The quantitative estimate of drug-likeness (QED) is 0.876. The highest BCUT2D eigenvalue weighted by atomic mass is 32.1. The zero-order valence-electron chi connectivity index (χ0n) is 9.60. The predicted molar refractivity (Wildman–Crippen MR) is 68.8 cm³/mol. The van der Waals surface area contributed by atoms with E-state index < -0.39 is 0 Å². The summed E-state index contributed by atoms with van der Waals surface area (Å²) in [5.74, 6) is 0. The highest BCUT2D eigenvalue weighted by Crippen LogP contribution is 2.21. The number of hydrogen-bond donors (Lipinski definition) is 1. The Hall–Kier alpha value is -1.19. The number of thiophene rings is 1. The van der Waals surface area contributed by atoms with Crippen molar-refractivity contribution in [1.82, 2.24) is 10.3 Å². The van der Waals surface area contributed by atoms with Crippen LogP contribution in [-0.4, -0.2) is 12.0 Å². The molecule has 0 spiro atoms. The molecule has 1 atom stereocenters. The second-order valence-electron chi connectivity index (χ2n) is 3.91. The molecule has 0 aliphatic rings. The van der Waals surface area contributed by atoms with E-state index in [0.717, 1.165) is 6.42 Å². The number of aromatic nitrogens is 1. The summed E-state index contributed by atoms with van der Waals surface area (Å²) in [6, 6.07) is 4.59. The molecule has 0 bridgehead atoms. The molecule has 2 heterocycles. The summed E-state index contributed by atoms with van der Waals surface area (Å²) in [5, 5.41) is 7.69. The van der Waals surface area contributed by atoms with Crippen LogP contribution in [0.2, 0.25) is 0 Å². The van der Waals surface area contributed by atoms with Gasteiger partial charge in [0.2, 0.25) is 0 Å². The Morgan fingerprint density at radius 2 is 2.31 bits per heavy atom. The van der Waals surface area contributed by atoms with Crippen molar-refractivity contribution < 1.29 is 0 Å². The van der Waals surface area contributed by atoms with Gasteiger partial charge in [-0.05, 0) is 60.0 Å². The van der Waals surface area contributed by atoms with Gasteiger partial charge in [0.25, 0.3) is 0 Å². The van der Waals surface area contributed by atoms with E-state index in [1.165, 1.54) is 16.7 Å². The molecule has 3 heteroatoms. The molecule has 0 radical (unpaired) electrons. The summed E-state index contributed by atoms with van der Waals surface area (Å²) in [6.07, 6.45) is 4.82. The predicted octanol–water partition coefficient (Wildman–Crippen LogP) is 2.95. The van der Waals surface area contributed by atoms with Gasteiger partial charge in [-0.1, -0.05) is 0 Å². The Morgan fingerprint density at radius 1 is 1.44 bits per heavy atom. The van der Waals surface area contributed by atoms with Gasteiger partial charge in [-0.15, -0.1) is 0 Å². The fourth-order valence-corrected chi connectivity index (χ4v) is 2.53. The lowest BCUT2D eigenvalue weighted by Crippen LogP contribution is -2.19. The van der Waals surface area contributed by atoms with Crippen molar-refractivity contribution in [3.8, 4) is 0 Å². The molecule has 0 saturated carbocycles. The first-order valence-electron chi connectivity index (χ1n) is 5.40. The van der Waals surface area contributed by atoms with E-state index in [-0.39, 0.29) is 0 Å². The van der Waals surface area contributed by atoms with Gasteiger partial charge < -0.3 is 5.32 Å². The molecule has 0 fully saturated rings. The molecular formula is C13H16N2S. The summed E-state index contributed by atoms with van der Waals surface area (Å²) < 4.78 is 0. The number of rotatable bonds is 4. The summed E-state index contributed by atoms with van der Waals surface area (Å²) in [5.41, 5.74) is 3.97. The third-order valence-corrected chi connectivity index (χ3v) is 3.56. The topological polar surface area (TPSA) is 24.9 Å². The van der Waals surface area contributed by atoms with Crippen LogP contribution >= 0.6 is 11.3 Å². The van der Waals surface area contributed by atoms with Crippen LogP contribution in [0, 0.1) is 6.92 Å². The van der Waals surface area contributed by atoms with Crippen molar-refractivity contribution in [2.24, 2.45) is 0 Å². The van der Waals surface area contributed by atoms with Gasteiger partial charge >= 0.3 is 0 Å². The average molecular weight is 232 g/mol. The zero-order valence-corrected chi connectivity index (χ0v) is 10.4. The molecular weight excluding hydrogens is 216 g/mol. The fraction of sp³-hybridized carbons (Fsp3) is 0.308. The zero-order chi connectivity index (χ0) is 11.4. The maximum Gasteiger partial charge on any atom is 0.0376 e. The van der Waals surface area contributed by atoms with Gasteiger partial charge in [0, 0.05) is 18.4 Å². The van der Waals surface area contributed by atoms with E-state index in [1.807, 2.05) is 19.4 Å². The Balaban J connectivity index is 2.20. The molecule has 2 rings (SSSR count). The molecule has 1 N–H and O–H groups in total. The highest BCUT2D eigenvalue weighted by molar-refractivity contribution is 7.07. The van der Waals surface area contributed by atoms with E-state index in [2.05, 4.69) is 40.1 Å². The third kappa shape index (κ3) is 2.49. The lowest BCUT2D eigenvalue weighted by atomic mass is 9.99. The number of nitrogens with one attached hydrogen (secondary N) is 1. The molecule has 2 aromatic heterocycles. The number of pyridine rings is 1. The van der Waals surface area contributed by atoms with Crippen molar-refractivity contribution in [3.63, 3.8) is 0 Å². The van der Waals surface area contributed by atoms with Crippen LogP contribution in [0.4, 0.5) is 0 Å². The van der Waals surface area contributed by atoms with Crippen molar-refractivity contribution >= 4 is 11.3 Å². The fourth-order valence-electron chi connectivity index (χ4n) is 1.85. The molecule has 16 heavy (non-hydrogen) atoms. The normalized spacial score (nSPS) is 12.6. The molecule has 84 valence electrons. The average Bonchev–Trinajstić information content (AvgIpc) is 2.80. The Morgan fingerprint density at radius 3 is 2.94 bits per heavy atom. The molecule has 2 aromatic rings. The van der Waals surface area contributed by atoms with Gasteiger partial charge in [-0.3, -0.25) is 4.98 Å². The molecule has 0 aliphatic heterocycles. The molecule has 0 amide bonds. The maximum absolute atomic E-state index is 4.21. The first kappa shape index (κ1) is 11.3. The Labute approximate surface area is 100 Å². The van der Waals surface area contributed by atoms with Crippen LogP contribution in [0.5, 0.6) is 0 Å². The van der Waals surface area contributed by atoms with Gasteiger partial charge in [-0.2, -0.15) is 11.3 Å². The van der Waals surface area contributed by atoms with E-state index in [4.69, 9.17) is 0 Å². The van der Waals surface area contributed by atoms with Gasteiger partial charge in [0.15, 0.2) is 0 Å².